The van der Waals surface area contributed by atoms with Crippen molar-refractivity contribution in [1.29, 1.82) is 0 Å². The molecule has 12 heteroatoms. The second kappa shape index (κ2) is 17.4. The number of benzene rings is 2. The number of carbonyl (C=O) groups excluding carboxylic acids is 3. The highest BCUT2D eigenvalue weighted by molar-refractivity contribution is 6.05. The summed E-state index contributed by atoms with van der Waals surface area (Å²) in [7, 11) is 0. The highest BCUT2D eigenvalue weighted by Crippen LogP contribution is 2.43. The van der Waals surface area contributed by atoms with Crippen LogP contribution in [0.3, 0.4) is 0 Å². The molecule has 2 aromatic carbocycles. The van der Waals surface area contributed by atoms with Gasteiger partial charge in [0.25, 0.3) is 11.8 Å². The van der Waals surface area contributed by atoms with Gasteiger partial charge in [0, 0.05) is 42.9 Å². The zero-order valence-electron chi connectivity index (χ0n) is 31.4. The number of nitrogens with zero attached hydrogens (tertiary/aromatic N) is 2. The number of hydrogen-bond acceptors (Lipinski definition) is 10. The molecule has 2 fully saturated rings. The summed E-state index contributed by atoms with van der Waals surface area (Å²) < 4.78 is 5.04. The molecule has 2 aliphatic rings. The first-order valence-electron chi connectivity index (χ1n) is 18.8. The van der Waals surface area contributed by atoms with Gasteiger partial charge in [0.1, 0.15) is 17.4 Å². The van der Waals surface area contributed by atoms with E-state index in [-0.39, 0.29) is 43.4 Å². The lowest BCUT2D eigenvalue weighted by Crippen LogP contribution is -2.40. The van der Waals surface area contributed by atoms with E-state index in [1.165, 1.54) is 0 Å². The van der Waals surface area contributed by atoms with E-state index >= 15 is 0 Å². The van der Waals surface area contributed by atoms with E-state index in [1.54, 1.807) is 19.3 Å². The van der Waals surface area contributed by atoms with E-state index in [0.717, 1.165) is 70.2 Å². The van der Waals surface area contributed by atoms with Crippen molar-refractivity contribution in [3.8, 4) is 11.1 Å². The van der Waals surface area contributed by atoms with Crippen molar-refractivity contribution in [1.82, 2.24) is 20.6 Å². The van der Waals surface area contributed by atoms with E-state index in [2.05, 4.69) is 31.2 Å². The summed E-state index contributed by atoms with van der Waals surface area (Å²) in [6.07, 6.45) is 7.61. The molecular weight excluding hydrogens is 684 g/mol. The molecule has 54 heavy (non-hydrogen) atoms. The van der Waals surface area contributed by atoms with E-state index in [0.29, 0.717) is 42.0 Å². The van der Waals surface area contributed by atoms with Crippen molar-refractivity contribution in [2.45, 2.75) is 90.4 Å². The van der Waals surface area contributed by atoms with E-state index in [9.17, 15) is 24.6 Å². The number of esters is 1. The standard InChI is InChI=1S/C42H50N6O6/c1-5-54-42(53)39(23-50)46-21-30-20-45-38(17-34(30)28-14-15-28)41(52)48-36-11-7-9-32(26(36)4)31-8-6-10-35(25(31)3)47-40(51)37-16-33(27-12-13-27)29(19-44-37)18-43-24(2)22-49/h6-11,16-17,19-20,24,27-28,39,43,46,49-50H,5,12-15,18,21-23H2,1-4H3,(H,47,51)(H,48,52)/t24-,39-/m1/s1. The molecular formula is C42H50N6O6. The molecule has 2 aliphatic carbocycles. The fourth-order valence-corrected chi connectivity index (χ4v) is 6.64. The van der Waals surface area contributed by atoms with Gasteiger partial charge >= 0.3 is 5.97 Å². The van der Waals surface area contributed by atoms with Crippen LogP contribution in [0.25, 0.3) is 11.1 Å². The van der Waals surface area contributed by atoms with E-state index in [1.807, 2.05) is 69.3 Å². The molecule has 2 amide bonds. The average molecular weight is 735 g/mol. The van der Waals surface area contributed by atoms with Crippen LogP contribution in [0, 0.1) is 13.8 Å². The van der Waals surface area contributed by atoms with Crippen LogP contribution in [0.2, 0.25) is 0 Å². The first kappa shape index (κ1) is 38.7. The number of aliphatic hydroxyl groups excluding tert-OH is 2. The molecule has 0 bridgehead atoms. The van der Waals surface area contributed by atoms with Crippen molar-refractivity contribution < 1.29 is 29.3 Å². The summed E-state index contributed by atoms with van der Waals surface area (Å²) in [5.41, 5.74) is 9.58. The minimum Gasteiger partial charge on any atom is -0.465 e. The van der Waals surface area contributed by atoms with Crippen LogP contribution in [0.5, 0.6) is 0 Å². The number of rotatable bonds is 17. The summed E-state index contributed by atoms with van der Waals surface area (Å²) in [6.45, 7) is 8.33. The Bertz CT molecular complexity index is 2010. The third-order valence-electron chi connectivity index (χ3n) is 10.2. The van der Waals surface area contributed by atoms with Crippen molar-refractivity contribution >= 4 is 29.2 Å². The van der Waals surface area contributed by atoms with Gasteiger partial charge < -0.3 is 30.9 Å². The number of aliphatic hydroxyl groups is 2. The predicted octanol–water partition coefficient (Wildman–Crippen LogP) is 5.50. The quantitative estimate of drug-likeness (QED) is 0.0760. The second-order valence-electron chi connectivity index (χ2n) is 14.3. The molecule has 6 rings (SSSR count). The molecule has 2 atom stereocenters. The highest BCUT2D eigenvalue weighted by atomic mass is 16.5. The average Bonchev–Trinajstić information content (AvgIpc) is 4.11. The summed E-state index contributed by atoms with van der Waals surface area (Å²) in [4.78, 5) is 48.3. The van der Waals surface area contributed by atoms with Gasteiger partial charge in [-0.2, -0.15) is 0 Å². The number of carbonyl (C=O) groups is 3. The summed E-state index contributed by atoms with van der Waals surface area (Å²) in [6, 6.07) is 14.4. The SMILES string of the molecule is CCOC(=O)[C@@H](CO)NCc1cnc(C(=O)Nc2cccc(-c3cccc(NC(=O)c4cc(C5CC5)c(CN[C@H](C)CO)cn4)c3C)c2C)cc1C1CC1. The third kappa shape index (κ3) is 9.19. The monoisotopic (exact) mass is 734 g/mol. The number of ether oxygens (including phenoxy) is 1. The molecule has 2 heterocycles. The highest BCUT2D eigenvalue weighted by Gasteiger charge is 2.29. The Morgan fingerprint density at radius 3 is 1.67 bits per heavy atom. The lowest BCUT2D eigenvalue weighted by atomic mass is 9.94. The van der Waals surface area contributed by atoms with Gasteiger partial charge in [-0.25, -0.2) is 0 Å². The smallest absolute Gasteiger partial charge is 0.325 e. The van der Waals surface area contributed by atoms with Crippen molar-refractivity contribution in [3.05, 3.63) is 106 Å². The molecule has 2 saturated carbocycles. The Kier molecular flexibility index (Phi) is 12.5. The number of hydrogen-bond donors (Lipinski definition) is 6. The van der Waals surface area contributed by atoms with Crippen LogP contribution in [-0.4, -0.2) is 69.9 Å². The summed E-state index contributed by atoms with van der Waals surface area (Å²) in [5.74, 6) is -0.404. The summed E-state index contributed by atoms with van der Waals surface area (Å²) >= 11 is 0. The Morgan fingerprint density at radius 1 is 0.759 bits per heavy atom. The fourth-order valence-electron chi connectivity index (χ4n) is 6.64. The maximum absolute atomic E-state index is 13.6. The maximum Gasteiger partial charge on any atom is 0.325 e. The van der Waals surface area contributed by atoms with Crippen LogP contribution in [0.1, 0.15) is 106 Å². The molecule has 6 N–H and O–H groups in total. The number of amides is 2. The van der Waals surface area contributed by atoms with E-state index < -0.39 is 12.0 Å². The van der Waals surface area contributed by atoms with Crippen LogP contribution in [-0.2, 0) is 22.6 Å². The van der Waals surface area contributed by atoms with Gasteiger partial charge in [-0.1, -0.05) is 24.3 Å². The van der Waals surface area contributed by atoms with Crippen molar-refractivity contribution in [3.63, 3.8) is 0 Å². The number of aromatic nitrogens is 2. The van der Waals surface area contributed by atoms with Gasteiger partial charge in [-0.3, -0.25) is 29.7 Å². The van der Waals surface area contributed by atoms with Gasteiger partial charge in [-0.15, -0.1) is 0 Å². The molecule has 0 unspecified atom stereocenters. The maximum atomic E-state index is 13.6. The number of anilines is 2. The Morgan fingerprint density at radius 2 is 1.24 bits per heavy atom. The van der Waals surface area contributed by atoms with Crippen LogP contribution >= 0.6 is 0 Å². The van der Waals surface area contributed by atoms with Gasteiger partial charge in [0.2, 0.25) is 0 Å². The molecule has 12 nitrogen and oxygen atoms in total. The fraction of sp³-hybridized carbons (Fsp3) is 0.405. The third-order valence-corrected chi connectivity index (χ3v) is 10.2. The van der Waals surface area contributed by atoms with Gasteiger partial charge in [0.15, 0.2) is 0 Å². The lowest BCUT2D eigenvalue weighted by Gasteiger charge is -2.18. The van der Waals surface area contributed by atoms with Crippen LogP contribution in [0.15, 0.2) is 60.9 Å². The van der Waals surface area contributed by atoms with E-state index in [4.69, 9.17) is 4.74 Å². The first-order chi connectivity index (χ1) is 26.1. The molecule has 284 valence electrons. The Balaban J connectivity index is 1.16. The van der Waals surface area contributed by atoms with Gasteiger partial charge in [-0.05, 0) is 134 Å². The normalized spacial score (nSPS) is 15.0. The molecule has 4 aromatic rings. The predicted molar refractivity (Wildman–Crippen MR) is 207 cm³/mol. The van der Waals surface area contributed by atoms with Crippen LogP contribution < -0.4 is 21.3 Å². The number of nitrogens with one attached hydrogen (secondary N) is 4. The molecule has 0 spiro atoms. The minimum absolute atomic E-state index is 0.0343. The second-order valence-corrected chi connectivity index (χ2v) is 14.3. The Labute approximate surface area is 316 Å². The first-order valence-corrected chi connectivity index (χ1v) is 18.8. The molecule has 0 saturated heterocycles. The zero-order chi connectivity index (χ0) is 38.4. The van der Waals surface area contributed by atoms with Crippen LogP contribution in [0.4, 0.5) is 11.4 Å². The largest absolute Gasteiger partial charge is 0.465 e. The van der Waals surface area contributed by atoms with Gasteiger partial charge in [0.05, 0.1) is 19.8 Å². The molecule has 0 radical (unpaired) electrons. The zero-order valence-corrected chi connectivity index (χ0v) is 31.4. The molecule has 0 aliphatic heterocycles. The topological polar surface area (TPSA) is 175 Å². The molecule has 2 aromatic heterocycles. The lowest BCUT2D eigenvalue weighted by molar-refractivity contribution is -0.146. The minimum atomic E-state index is -0.846. The summed E-state index contributed by atoms with van der Waals surface area (Å²) in [5, 5.41) is 31.6. The Hall–Kier alpha value is -5.01. The van der Waals surface area contributed by atoms with Crippen molar-refractivity contribution in [2.75, 3.05) is 30.5 Å². The van der Waals surface area contributed by atoms with Crippen molar-refractivity contribution in [2.24, 2.45) is 0 Å². The number of pyridine rings is 2.